The van der Waals surface area contributed by atoms with E-state index in [1.54, 1.807) is 41.3 Å². The molecule has 4 aromatic carbocycles. The molecule has 1 N–H and O–H groups in total. The summed E-state index contributed by atoms with van der Waals surface area (Å²) in [7, 11) is 0. The van der Waals surface area contributed by atoms with Gasteiger partial charge < -0.3 is 19.3 Å². The zero-order chi connectivity index (χ0) is 43.6. The minimum atomic E-state index is -0.980. The lowest BCUT2D eigenvalue weighted by atomic mass is 9.92. The Kier molecular flexibility index (Phi) is 11.7. The standard InChI is InChI=1S/C48H46N6O9/c55-44-20-19-43(45(56)49-44)53-47(58)40-18-15-34(27-41(40)48(53)59)51-24-22-50(23-25-51)21-4-26-62-36-28-37(29-36)63-35-16-11-32(12-17-35)30-52-42-8-2-1-6-38(42)39(46(52)57)7-3-5-31-9-13-33(14-10-31)54(60)61/h1-3,5-18,27,36-37,43H,4,19-26,28-30H2,(H,49,55,56)/b5-3+,39-7?. The molecule has 0 spiro atoms. The van der Waals surface area contributed by atoms with Crippen LogP contribution in [0.3, 0.4) is 0 Å². The number of carbonyl (C=O) groups excluding carboxylic acids is 5. The number of benzene rings is 4. The molecule has 63 heavy (non-hydrogen) atoms. The van der Waals surface area contributed by atoms with Crippen molar-refractivity contribution in [2.24, 2.45) is 0 Å². The number of para-hydroxylation sites is 1. The predicted octanol–water partition coefficient (Wildman–Crippen LogP) is 5.78. The minimum Gasteiger partial charge on any atom is -0.490 e. The number of allylic oxidation sites excluding steroid dienone is 2. The highest BCUT2D eigenvalue weighted by atomic mass is 16.6. The summed E-state index contributed by atoms with van der Waals surface area (Å²) in [5.41, 5.74) is 5.52. The number of ether oxygens (including phenoxy) is 2. The van der Waals surface area contributed by atoms with E-state index in [1.807, 2.05) is 60.7 Å². The average Bonchev–Trinajstić information content (AvgIpc) is 3.68. The Bertz CT molecular complexity index is 2520. The largest absolute Gasteiger partial charge is 0.490 e. The molecule has 15 heteroatoms. The van der Waals surface area contributed by atoms with E-state index in [4.69, 9.17) is 9.47 Å². The lowest BCUT2D eigenvalue weighted by Crippen LogP contribution is -2.54. The fourth-order valence-corrected chi connectivity index (χ4v) is 8.81. The Morgan fingerprint density at radius 1 is 0.794 bits per heavy atom. The zero-order valence-corrected chi connectivity index (χ0v) is 34.5. The van der Waals surface area contributed by atoms with Crippen LogP contribution in [-0.2, 0) is 25.7 Å². The van der Waals surface area contributed by atoms with Crippen molar-refractivity contribution >= 4 is 58.2 Å². The van der Waals surface area contributed by atoms with Crippen LogP contribution in [0.2, 0.25) is 0 Å². The number of imide groups is 2. The van der Waals surface area contributed by atoms with Crippen LogP contribution < -0.4 is 19.9 Å². The van der Waals surface area contributed by atoms with Crippen molar-refractivity contribution in [3.63, 3.8) is 0 Å². The van der Waals surface area contributed by atoms with Gasteiger partial charge in [0, 0.05) is 87.5 Å². The van der Waals surface area contributed by atoms with E-state index in [0.717, 1.165) is 90.7 Å². The number of nitrogens with zero attached hydrogens (tertiary/aromatic N) is 5. The third kappa shape index (κ3) is 8.74. The molecular weight excluding hydrogens is 805 g/mol. The second kappa shape index (κ2) is 17.8. The van der Waals surface area contributed by atoms with Gasteiger partial charge in [-0.2, -0.15) is 0 Å². The van der Waals surface area contributed by atoms with Gasteiger partial charge in [0.15, 0.2) is 0 Å². The molecule has 2 saturated heterocycles. The molecule has 5 aliphatic rings. The molecule has 15 nitrogen and oxygen atoms in total. The number of rotatable bonds is 14. The van der Waals surface area contributed by atoms with E-state index in [9.17, 15) is 34.1 Å². The van der Waals surface area contributed by atoms with Gasteiger partial charge in [0.2, 0.25) is 11.8 Å². The van der Waals surface area contributed by atoms with Crippen molar-refractivity contribution in [3.8, 4) is 5.75 Å². The molecule has 1 saturated carbocycles. The van der Waals surface area contributed by atoms with E-state index in [-0.39, 0.29) is 42.2 Å². The van der Waals surface area contributed by atoms with E-state index in [1.165, 1.54) is 12.1 Å². The first-order valence-electron chi connectivity index (χ1n) is 21.3. The van der Waals surface area contributed by atoms with Gasteiger partial charge >= 0.3 is 0 Å². The first kappa shape index (κ1) is 41.4. The molecule has 322 valence electrons. The molecule has 5 amide bonds. The number of carbonyl (C=O) groups is 5. The molecule has 4 aliphatic heterocycles. The molecular formula is C48H46N6O9. The molecule has 4 aromatic rings. The van der Waals surface area contributed by atoms with Crippen LogP contribution in [0.1, 0.15) is 69.5 Å². The summed E-state index contributed by atoms with van der Waals surface area (Å²) in [5.74, 6) is -1.33. The summed E-state index contributed by atoms with van der Waals surface area (Å²) < 4.78 is 12.4. The van der Waals surface area contributed by atoms with Gasteiger partial charge in [-0.1, -0.05) is 42.5 Å². The van der Waals surface area contributed by atoms with Crippen LogP contribution in [0.4, 0.5) is 17.1 Å². The highest BCUT2D eigenvalue weighted by Crippen LogP contribution is 2.38. The van der Waals surface area contributed by atoms with Gasteiger partial charge in [0.1, 0.15) is 17.9 Å². The molecule has 1 unspecified atom stereocenters. The predicted molar refractivity (Wildman–Crippen MR) is 234 cm³/mol. The van der Waals surface area contributed by atoms with Crippen molar-refractivity contribution in [2.45, 2.75) is 56.9 Å². The fourth-order valence-electron chi connectivity index (χ4n) is 8.81. The quantitative estimate of drug-likeness (QED) is 0.0537. The van der Waals surface area contributed by atoms with Crippen LogP contribution in [0.15, 0.2) is 103 Å². The Hall–Kier alpha value is -6.97. The van der Waals surface area contributed by atoms with Gasteiger partial charge in [-0.25, -0.2) is 0 Å². The number of fused-ring (bicyclic) bond motifs is 2. The highest BCUT2D eigenvalue weighted by molar-refractivity contribution is 6.32. The Balaban J connectivity index is 0.681. The number of hydrogen-bond donors (Lipinski definition) is 1. The van der Waals surface area contributed by atoms with Crippen LogP contribution in [0.25, 0.3) is 11.6 Å². The highest BCUT2D eigenvalue weighted by Gasteiger charge is 2.45. The zero-order valence-electron chi connectivity index (χ0n) is 34.5. The number of hydrogen-bond acceptors (Lipinski definition) is 11. The van der Waals surface area contributed by atoms with Gasteiger partial charge in [0.25, 0.3) is 23.4 Å². The molecule has 1 atom stereocenters. The SMILES string of the molecule is O=C1CCC(N2C(=O)c3ccc(N4CCN(CCCOC5CC(Oc6ccc(CN7C(=O)C(=C/C=C/c8ccc([N+](=O)[O-])cc8)c8ccccc87)cc6)C5)CC4)cc3C2=O)C(=O)N1. The van der Waals surface area contributed by atoms with Crippen LogP contribution >= 0.6 is 0 Å². The number of amides is 5. The normalized spacial score (nSPS) is 21.8. The van der Waals surface area contributed by atoms with Crippen molar-refractivity contribution in [3.05, 3.63) is 141 Å². The molecule has 3 fully saturated rings. The lowest BCUT2D eigenvalue weighted by molar-refractivity contribution is -0.384. The summed E-state index contributed by atoms with van der Waals surface area (Å²) in [6.07, 6.45) is 8.42. The summed E-state index contributed by atoms with van der Waals surface area (Å²) >= 11 is 0. The average molecular weight is 851 g/mol. The molecule has 0 bridgehead atoms. The third-order valence-corrected chi connectivity index (χ3v) is 12.4. The van der Waals surface area contributed by atoms with Gasteiger partial charge in [-0.3, -0.25) is 49.2 Å². The number of piperidine rings is 1. The minimum absolute atomic E-state index is 0.0267. The number of anilines is 2. The van der Waals surface area contributed by atoms with E-state index >= 15 is 0 Å². The number of piperazine rings is 1. The van der Waals surface area contributed by atoms with E-state index in [0.29, 0.717) is 24.3 Å². The third-order valence-electron chi connectivity index (χ3n) is 12.4. The molecule has 4 heterocycles. The molecule has 1 aliphatic carbocycles. The Morgan fingerprint density at radius 3 is 2.29 bits per heavy atom. The number of non-ortho nitro benzene ring substituents is 1. The second-order valence-corrected chi connectivity index (χ2v) is 16.4. The number of nitrogens with one attached hydrogen (secondary N) is 1. The monoisotopic (exact) mass is 850 g/mol. The van der Waals surface area contributed by atoms with Crippen LogP contribution in [0.5, 0.6) is 5.75 Å². The van der Waals surface area contributed by atoms with E-state index in [2.05, 4.69) is 15.1 Å². The fraction of sp³-hybridized carbons (Fsp3) is 0.312. The molecule has 0 radical (unpaired) electrons. The second-order valence-electron chi connectivity index (χ2n) is 16.4. The van der Waals surface area contributed by atoms with Crippen molar-refractivity contribution in [2.75, 3.05) is 49.1 Å². The van der Waals surface area contributed by atoms with Crippen molar-refractivity contribution in [1.29, 1.82) is 0 Å². The van der Waals surface area contributed by atoms with Gasteiger partial charge in [0.05, 0.1) is 34.4 Å². The van der Waals surface area contributed by atoms with E-state index < -0.39 is 34.6 Å². The van der Waals surface area contributed by atoms with Crippen molar-refractivity contribution < 1.29 is 38.4 Å². The summed E-state index contributed by atoms with van der Waals surface area (Å²) in [6, 6.07) is 26.1. The maximum Gasteiger partial charge on any atom is 0.269 e. The number of nitro benzene ring substituents is 1. The summed E-state index contributed by atoms with van der Waals surface area (Å²) in [5, 5.41) is 13.2. The van der Waals surface area contributed by atoms with Gasteiger partial charge in [-0.05, 0) is 78.6 Å². The lowest BCUT2D eigenvalue weighted by Gasteiger charge is -2.37. The van der Waals surface area contributed by atoms with Crippen LogP contribution in [0, 0.1) is 10.1 Å². The maximum absolute atomic E-state index is 13.6. The Labute approximate surface area is 363 Å². The Morgan fingerprint density at radius 2 is 1.54 bits per heavy atom. The maximum atomic E-state index is 13.6. The first-order chi connectivity index (χ1) is 30.6. The summed E-state index contributed by atoms with van der Waals surface area (Å²) in [4.78, 5) is 81.9. The molecule has 9 rings (SSSR count). The first-order valence-corrected chi connectivity index (χ1v) is 21.3. The topological polar surface area (TPSA) is 172 Å². The summed E-state index contributed by atoms with van der Waals surface area (Å²) in [6.45, 7) is 5.25. The van der Waals surface area contributed by atoms with Crippen molar-refractivity contribution in [1.82, 2.24) is 15.1 Å². The smallest absolute Gasteiger partial charge is 0.269 e. The van der Waals surface area contributed by atoms with Gasteiger partial charge in [-0.15, -0.1) is 0 Å². The molecule has 0 aromatic heterocycles. The number of nitro groups is 1. The van der Waals surface area contributed by atoms with Crippen LogP contribution in [-0.4, -0.2) is 102 Å².